The molecule has 1 aliphatic carbocycles. The zero-order valence-corrected chi connectivity index (χ0v) is 10.2. The second kappa shape index (κ2) is 4.72. The smallest absolute Gasteiger partial charge is 0.160 e. The van der Waals surface area contributed by atoms with Crippen LogP contribution >= 0.6 is 11.6 Å². The van der Waals surface area contributed by atoms with Crippen LogP contribution in [-0.2, 0) is 4.79 Å². The standard InChI is InChI=1S/C13H12ClNO2/c1-8-12(4-5-13(8)17)15-10-3-2-9(7-16)11(14)6-10/h2-3,6-7,15H,4-5H2,1H3. The maximum Gasteiger partial charge on any atom is 0.160 e. The number of aldehydes is 1. The quantitative estimate of drug-likeness (QED) is 0.837. The maximum absolute atomic E-state index is 11.4. The number of hydrogen-bond donors (Lipinski definition) is 1. The second-order valence-corrected chi connectivity index (χ2v) is 4.41. The first-order valence-electron chi connectivity index (χ1n) is 5.36. The predicted molar refractivity (Wildman–Crippen MR) is 67.4 cm³/mol. The van der Waals surface area contributed by atoms with Crippen LogP contribution in [0, 0.1) is 0 Å². The second-order valence-electron chi connectivity index (χ2n) is 4.01. The fourth-order valence-electron chi connectivity index (χ4n) is 1.81. The Balaban J connectivity index is 2.23. The van der Waals surface area contributed by atoms with Crippen LogP contribution in [0.2, 0.25) is 5.02 Å². The van der Waals surface area contributed by atoms with Crippen molar-refractivity contribution in [1.82, 2.24) is 0 Å². The van der Waals surface area contributed by atoms with Gasteiger partial charge in [0.15, 0.2) is 12.1 Å². The molecule has 17 heavy (non-hydrogen) atoms. The first kappa shape index (κ1) is 11.9. The van der Waals surface area contributed by atoms with E-state index in [4.69, 9.17) is 11.6 Å². The minimum Gasteiger partial charge on any atom is -0.359 e. The van der Waals surface area contributed by atoms with Crippen molar-refractivity contribution in [3.05, 3.63) is 40.1 Å². The summed E-state index contributed by atoms with van der Waals surface area (Å²) in [5.41, 5.74) is 2.97. The SMILES string of the molecule is CC1=C(Nc2ccc(C=O)c(Cl)c2)CCC1=O. The molecule has 0 atom stereocenters. The molecule has 0 heterocycles. The largest absolute Gasteiger partial charge is 0.359 e. The number of Topliss-reactive ketones (excluding diaryl/α,β-unsaturated/α-hetero) is 1. The molecule has 3 nitrogen and oxygen atoms in total. The molecule has 0 amide bonds. The summed E-state index contributed by atoms with van der Waals surface area (Å²) in [6.45, 7) is 1.82. The van der Waals surface area contributed by atoms with Gasteiger partial charge in [-0.15, -0.1) is 0 Å². The number of anilines is 1. The molecule has 0 fully saturated rings. The molecule has 0 unspecified atom stereocenters. The first-order valence-corrected chi connectivity index (χ1v) is 5.74. The van der Waals surface area contributed by atoms with Gasteiger partial charge in [-0.25, -0.2) is 0 Å². The van der Waals surface area contributed by atoms with Crippen LogP contribution in [-0.4, -0.2) is 12.1 Å². The van der Waals surface area contributed by atoms with Gasteiger partial charge in [0.05, 0.1) is 5.02 Å². The number of hydrogen-bond acceptors (Lipinski definition) is 3. The molecule has 0 aromatic heterocycles. The van der Waals surface area contributed by atoms with Gasteiger partial charge in [-0.1, -0.05) is 11.6 Å². The summed E-state index contributed by atoms with van der Waals surface area (Å²) in [7, 11) is 0. The zero-order valence-electron chi connectivity index (χ0n) is 9.42. The molecular weight excluding hydrogens is 238 g/mol. The summed E-state index contributed by atoms with van der Waals surface area (Å²) in [5.74, 6) is 0.183. The van der Waals surface area contributed by atoms with Crippen LogP contribution in [0.1, 0.15) is 30.1 Å². The lowest BCUT2D eigenvalue weighted by Crippen LogP contribution is -1.99. The first-order chi connectivity index (χ1) is 8.11. The molecule has 0 radical (unpaired) electrons. The Hall–Kier alpha value is -1.61. The lowest BCUT2D eigenvalue weighted by molar-refractivity contribution is -0.114. The van der Waals surface area contributed by atoms with E-state index in [-0.39, 0.29) is 5.78 Å². The summed E-state index contributed by atoms with van der Waals surface area (Å²) < 4.78 is 0. The monoisotopic (exact) mass is 249 g/mol. The molecule has 1 aromatic carbocycles. The number of ketones is 1. The predicted octanol–water partition coefficient (Wildman–Crippen LogP) is 3.20. The zero-order chi connectivity index (χ0) is 12.4. The van der Waals surface area contributed by atoms with E-state index in [1.54, 1.807) is 18.2 Å². The lowest BCUT2D eigenvalue weighted by Gasteiger charge is -2.09. The van der Waals surface area contributed by atoms with E-state index in [0.29, 0.717) is 17.0 Å². The van der Waals surface area contributed by atoms with E-state index in [0.717, 1.165) is 29.7 Å². The van der Waals surface area contributed by atoms with Gasteiger partial charge in [0, 0.05) is 28.9 Å². The van der Waals surface area contributed by atoms with Gasteiger partial charge in [-0.3, -0.25) is 9.59 Å². The van der Waals surface area contributed by atoms with Crippen LogP contribution in [0.5, 0.6) is 0 Å². The summed E-state index contributed by atoms with van der Waals surface area (Å²) in [4.78, 5) is 22.0. The number of carbonyl (C=O) groups excluding carboxylic acids is 2. The van der Waals surface area contributed by atoms with Gasteiger partial charge in [0.25, 0.3) is 0 Å². The van der Waals surface area contributed by atoms with Gasteiger partial charge in [-0.05, 0) is 31.5 Å². The fourth-order valence-corrected chi connectivity index (χ4v) is 2.04. The van der Waals surface area contributed by atoms with Crippen molar-refractivity contribution in [3.63, 3.8) is 0 Å². The average molecular weight is 250 g/mol. The van der Waals surface area contributed by atoms with Crippen molar-refractivity contribution >= 4 is 29.4 Å². The minimum absolute atomic E-state index is 0.183. The molecule has 0 saturated carbocycles. The van der Waals surface area contributed by atoms with Gasteiger partial charge in [-0.2, -0.15) is 0 Å². The Bertz CT molecular complexity index is 520. The summed E-state index contributed by atoms with van der Waals surface area (Å²) >= 11 is 5.93. The van der Waals surface area contributed by atoms with Crippen LogP contribution in [0.4, 0.5) is 5.69 Å². The Kier molecular flexibility index (Phi) is 3.29. The molecule has 1 aliphatic rings. The molecule has 2 rings (SSSR count). The van der Waals surface area contributed by atoms with Crippen LogP contribution < -0.4 is 5.32 Å². The number of allylic oxidation sites excluding steroid dienone is 2. The molecule has 4 heteroatoms. The number of halogens is 1. The average Bonchev–Trinajstić information content (AvgIpc) is 2.61. The third-order valence-corrected chi connectivity index (χ3v) is 3.22. The van der Waals surface area contributed by atoms with Crippen LogP contribution in [0.15, 0.2) is 29.5 Å². The number of rotatable bonds is 3. The van der Waals surface area contributed by atoms with E-state index in [2.05, 4.69) is 5.32 Å². The number of carbonyl (C=O) groups is 2. The van der Waals surface area contributed by atoms with E-state index < -0.39 is 0 Å². The Morgan fingerprint density at radius 1 is 1.35 bits per heavy atom. The van der Waals surface area contributed by atoms with Gasteiger partial charge < -0.3 is 5.32 Å². The fraction of sp³-hybridized carbons (Fsp3) is 0.231. The van der Waals surface area contributed by atoms with Gasteiger partial charge in [0.1, 0.15) is 0 Å². The highest BCUT2D eigenvalue weighted by Gasteiger charge is 2.19. The third-order valence-electron chi connectivity index (χ3n) is 2.90. The minimum atomic E-state index is 0.183. The topological polar surface area (TPSA) is 46.2 Å². The molecule has 0 spiro atoms. The number of nitrogens with one attached hydrogen (secondary N) is 1. The van der Waals surface area contributed by atoms with Crippen molar-refractivity contribution in [2.24, 2.45) is 0 Å². The molecule has 0 aliphatic heterocycles. The molecule has 1 N–H and O–H groups in total. The van der Waals surface area contributed by atoms with Crippen molar-refractivity contribution in [1.29, 1.82) is 0 Å². The van der Waals surface area contributed by atoms with Crippen molar-refractivity contribution in [2.75, 3.05) is 5.32 Å². The van der Waals surface area contributed by atoms with E-state index >= 15 is 0 Å². The van der Waals surface area contributed by atoms with Crippen molar-refractivity contribution in [3.8, 4) is 0 Å². The maximum atomic E-state index is 11.4. The summed E-state index contributed by atoms with van der Waals surface area (Å²) in [6, 6.07) is 5.12. The van der Waals surface area contributed by atoms with E-state index in [1.165, 1.54) is 0 Å². The molecular formula is C13H12ClNO2. The van der Waals surface area contributed by atoms with E-state index in [9.17, 15) is 9.59 Å². The lowest BCUT2D eigenvalue weighted by atomic mass is 10.2. The normalized spacial score (nSPS) is 15.3. The van der Waals surface area contributed by atoms with E-state index in [1.807, 2.05) is 6.92 Å². The Labute approximate surface area is 104 Å². The highest BCUT2D eigenvalue weighted by Crippen LogP contribution is 2.26. The van der Waals surface area contributed by atoms with Gasteiger partial charge >= 0.3 is 0 Å². The third kappa shape index (κ3) is 2.39. The molecule has 0 bridgehead atoms. The molecule has 88 valence electrons. The van der Waals surface area contributed by atoms with Gasteiger partial charge in [0.2, 0.25) is 0 Å². The summed E-state index contributed by atoms with van der Waals surface area (Å²) in [5, 5.41) is 3.58. The highest BCUT2D eigenvalue weighted by atomic mass is 35.5. The number of benzene rings is 1. The van der Waals surface area contributed by atoms with Crippen molar-refractivity contribution < 1.29 is 9.59 Å². The highest BCUT2D eigenvalue weighted by molar-refractivity contribution is 6.33. The summed E-state index contributed by atoms with van der Waals surface area (Å²) in [6.07, 6.45) is 2.02. The Morgan fingerprint density at radius 3 is 2.65 bits per heavy atom. The van der Waals surface area contributed by atoms with Crippen LogP contribution in [0.3, 0.4) is 0 Å². The van der Waals surface area contributed by atoms with Crippen LogP contribution in [0.25, 0.3) is 0 Å². The van der Waals surface area contributed by atoms with Crippen molar-refractivity contribution in [2.45, 2.75) is 19.8 Å². The molecule has 0 saturated heterocycles. The Morgan fingerprint density at radius 2 is 2.12 bits per heavy atom. The molecule has 1 aromatic rings.